The molecule has 1 fully saturated rings. The fraction of sp³-hybridized carbons (Fsp3) is 0.538. The zero-order chi connectivity index (χ0) is 12.1. The minimum Gasteiger partial charge on any atom is -0.396 e. The second-order valence-electron chi connectivity index (χ2n) is 4.37. The van der Waals surface area contributed by atoms with E-state index in [1.807, 2.05) is 12.1 Å². The standard InChI is InChI=1S/C13H17N3O/c14-10-11-9-13(5-6-15-11)16(7-2-8-17)12-3-1-4-12/h5-6,9,12,17H,1-4,7-8H2. The number of nitrogens with zero attached hydrogens (tertiary/aromatic N) is 3. The monoisotopic (exact) mass is 231 g/mol. The summed E-state index contributed by atoms with van der Waals surface area (Å²) in [4.78, 5) is 6.28. The third-order valence-corrected chi connectivity index (χ3v) is 3.26. The molecular formula is C13H17N3O. The molecule has 0 spiro atoms. The number of aliphatic hydroxyl groups excluding tert-OH is 1. The summed E-state index contributed by atoms with van der Waals surface area (Å²) in [5.41, 5.74) is 1.51. The van der Waals surface area contributed by atoms with Gasteiger partial charge >= 0.3 is 0 Å². The third-order valence-electron chi connectivity index (χ3n) is 3.26. The largest absolute Gasteiger partial charge is 0.396 e. The van der Waals surface area contributed by atoms with Gasteiger partial charge in [-0.15, -0.1) is 0 Å². The van der Waals surface area contributed by atoms with Crippen LogP contribution in [-0.4, -0.2) is 29.3 Å². The summed E-state index contributed by atoms with van der Waals surface area (Å²) in [5, 5.41) is 17.8. The Balaban J connectivity index is 2.15. The van der Waals surface area contributed by atoms with Gasteiger partial charge in [0, 0.05) is 31.1 Å². The van der Waals surface area contributed by atoms with E-state index in [-0.39, 0.29) is 6.61 Å². The Hall–Kier alpha value is -1.60. The van der Waals surface area contributed by atoms with Crippen molar-refractivity contribution in [1.29, 1.82) is 5.26 Å². The average molecular weight is 231 g/mol. The van der Waals surface area contributed by atoms with Gasteiger partial charge in [-0.1, -0.05) is 0 Å². The quantitative estimate of drug-likeness (QED) is 0.837. The van der Waals surface area contributed by atoms with E-state index in [2.05, 4.69) is 16.0 Å². The molecule has 0 atom stereocenters. The third kappa shape index (κ3) is 2.75. The Morgan fingerprint density at radius 2 is 2.35 bits per heavy atom. The van der Waals surface area contributed by atoms with Crippen molar-refractivity contribution >= 4 is 5.69 Å². The van der Waals surface area contributed by atoms with E-state index < -0.39 is 0 Å². The first-order chi connectivity index (χ1) is 8.35. The molecule has 2 rings (SSSR count). The number of hydrogen-bond donors (Lipinski definition) is 1. The lowest BCUT2D eigenvalue weighted by molar-refractivity contribution is 0.283. The van der Waals surface area contributed by atoms with Gasteiger partial charge in [-0.25, -0.2) is 4.98 Å². The first kappa shape index (κ1) is 11.9. The molecule has 0 saturated heterocycles. The molecular weight excluding hydrogens is 214 g/mol. The molecule has 1 saturated carbocycles. The lowest BCUT2D eigenvalue weighted by Gasteiger charge is -2.39. The molecule has 1 aromatic rings. The lowest BCUT2D eigenvalue weighted by Crippen LogP contribution is -2.41. The molecule has 0 bridgehead atoms. The van der Waals surface area contributed by atoms with Crippen molar-refractivity contribution < 1.29 is 5.11 Å². The highest BCUT2D eigenvalue weighted by Gasteiger charge is 2.24. The average Bonchev–Trinajstić information content (AvgIpc) is 2.32. The highest BCUT2D eigenvalue weighted by atomic mass is 16.3. The molecule has 0 aromatic carbocycles. The maximum absolute atomic E-state index is 8.94. The van der Waals surface area contributed by atoms with Gasteiger partial charge in [-0.05, 0) is 37.8 Å². The van der Waals surface area contributed by atoms with Gasteiger partial charge in [0.25, 0.3) is 0 Å². The maximum atomic E-state index is 8.94. The van der Waals surface area contributed by atoms with Gasteiger partial charge in [0.1, 0.15) is 11.8 Å². The zero-order valence-electron chi connectivity index (χ0n) is 9.84. The van der Waals surface area contributed by atoms with Crippen LogP contribution in [-0.2, 0) is 0 Å². The number of hydrogen-bond acceptors (Lipinski definition) is 4. The van der Waals surface area contributed by atoms with Gasteiger partial charge < -0.3 is 10.0 Å². The second-order valence-corrected chi connectivity index (χ2v) is 4.37. The van der Waals surface area contributed by atoms with E-state index in [4.69, 9.17) is 10.4 Å². The molecule has 1 aromatic heterocycles. The van der Waals surface area contributed by atoms with Crippen LogP contribution >= 0.6 is 0 Å². The molecule has 1 aliphatic rings. The number of aliphatic hydroxyl groups is 1. The van der Waals surface area contributed by atoms with Crippen molar-refractivity contribution in [3.63, 3.8) is 0 Å². The van der Waals surface area contributed by atoms with Crippen LogP contribution in [0.4, 0.5) is 5.69 Å². The van der Waals surface area contributed by atoms with Crippen LogP contribution in [0.15, 0.2) is 18.3 Å². The Morgan fingerprint density at radius 3 is 2.94 bits per heavy atom. The summed E-state index contributed by atoms with van der Waals surface area (Å²) in [7, 11) is 0. The van der Waals surface area contributed by atoms with E-state index in [1.54, 1.807) is 6.20 Å². The number of pyridine rings is 1. The van der Waals surface area contributed by atoms with Crippen LogP contribution in [0.5, 0.6) is 0 Å². The molecule has 1 heterocycles. The Morgan fingerprint density at radius 1 is 1.53 bits per heavy atom. The minimum atomic E-state index is 0.208. The van der Waals surface area contributed by atoms with Gasteiger partial charge in [0.05, 0.1) is 0 Å². The van der Waals surface area contributed by atoms with Crippen LogP contribution in [0.25, 0.3) is 0 Å². The molecule has 0 radical (unpaired) electrons. The number of anilines is 1. The Kier molecular flexibility index (Phi) is 3.94. The minimum absolute atomic E-state index is 0.208. The van der Waals surface area contributed by atoms with Gasteiger partial charge in [0.15, 0.2) is 0 Å². The Labute approximate surface area is 102 Å². The lowest BCUT2D eigenvalue weighted by atomic mass is 9.91. The van der Waals surface area contributed by atoms with Gasteiger partial charge in [0.2, 0.25) is 0 Å². The maximum Gasteiger partial charge on any atom is 0.142 e. The summed E-state index contributed by atoms with van der Waals surface area (Å²) < 4.78 is 0. The van der Waals surface area contributed by atoms with Crippen LogP contribution in [0.2, 0.25) is 0 Å². The van der Waals surface area contributed by atoms with E-state index in [0.29, 0.717) is 11.7 Å². The van der Waals surface area contributed by atoms with E-state index in [0.717, 1.165) is 18.7 Å². The molecule has 4 nitrogen and oxygen atoms in total. The van der Waals surface area contributed by atoms with Crippen molar-refractivity contribution in [2.24, 2.45) is 0 Å². The number of nitriles is 1. The van der Waals surface area contributed by atoms with Crippen LogP contribution in [0.1, 0.15) is 31.4 Å². The number of aromatic nitrogens is 1. The van der Waals surface area contributed by atoms with Crippen molar-refractivity contribution in [3.8, 4) is 6.07 Å². The van der Waals surface area contributed by atoms with Gasteiger partial charge in [-0.3, -0.25) is 0 Å². The summed E-state index contributed by atoms with van der Waals surface area (Å²) in [5.74, 6) is 0. The molecule has 0 amide bonds. The Bertz CT molecular complexity index is 409. The van der Waals surface area contributed by atoms with Gasteiger partial charge in [-0.2, -0.15) is 5.26 Å². The number of rotatable bonds is 5. The molecule has 17 heavy (non-hydrogen) atoms. The summed E-state index contributed by atoms with van der Waals surface area (Å²) in [6.45, 7) is 1.05. The molecule has 90 valence electrons. The van der Waals surface area contributed by atoms with E-state index in [1.165, 1.54) is 19.3 Å². The van der Waals surface area contributed by atoms with Crippen LogP contribution in [0.3, 0.4) is 0 Å². The zero-order valence-corrected chi connectivity index (χ0v) is 9.84. The predicted octanol–water partition coefficient (Wildman–Crippen LogP) is 1.69. The van der Waals surface area contributed by atoms with Crippen molar-refractivity contribution in [3.05, 3.63) is 24.0 Å². The fourth-order valence-corrected chi connectivity index (χ4v) is 2.12. The van der Waals surface area contributed by atoms with E-state index >= 15 is 0 Å². The van der Waals surface area contributed by atoms with Crippen LogP contribution in [0, 0.1) is 11.3 Å². The first-order valence-electron chi connectivity index (χ1n) is 6.09. The smallest absolute Gasteiger partial charge is 0.142 e. The van der Waals surface area contributed by atoms with Crippen molar-refractivity contribution in [2.45, 2.75) is 31.7 Å². The van der Waals surface area contributed by atoms with Crippen molar-refractivity contribution in [2.75, 3.05) is 18.1 Å². The fourth-order valence-electron chi connectivity index (χ4n) is 2.12. The highest BCUT2D eigenvalue weighted by molar-refractivity contribution is 5.50. The SMILES string of the molecule is N#Cc1cc(N(CCCO)C2CCC2)ccn1. The topological polar surface area (TPSA) is 60.2 Å². The first-order valence-corrected chi connectivity index (χ1v) is 6.09. The molecule has 0 unspecified atom stereocenters. The molecule has 4 heteroatoms. The van der Waals surface area contributed by atoms with Crippen LogP contribution < -0.4 is 4.90 Å². The van der Waals surface area contributed by atoms with Crippen molar-refractivity contribution in [1.82, 2.24) is 4.98 Å². The summed E-state index contributed by atoms with van der Waals surface area (Å²) in [6.07, 6.45) is 6.13. The predicted molar refractivity (Wildman–Crippen MR) is 65.6 cm³/mol. The van der Waals surface area contributed by atoms with E-state index in [9.17, 15) is 0 Å². The highest BCUT2D eigenvalue weighted by Crippen LogP contribution is 2.29. The normalized spacial score (nSPS) is 15.1. The molecule has 1 aliphatic carbocycles. The summed E-state index contributed by atoms with van der Waals surface area (Å²) >= 11 is 0. The summed E-state index contributed by atoms with van der Waals surface area (Å²) in [6, 6.07) is 6.40. The second kappa shape index (κ2) is 5.65. The molecule has 0 aliphatic heterocycles. The molecule has 1 N–H and O–H groups in total.